The zero-order valence-corrected chi connectivity index (χ0v) is 18.5. The second kappa shape index (κ2) is 11.7. The summed E-state index contributed by atoms with van der Waals surface area (Å²) in [6, 6.07) is 0. The van der Waals surface area contributed by atoms with Crippen molar-refractivity contribution in [1.82, 2.24) is 9.80 Å². The molecular formula is C15H38N2O4Si2. The Labute approximate surface area is 145 Å². The molecule has 0 amide bonds. The van der Waals surface area contributed by atoms with E-state index in [0.717, 1.165) is 25.4 Å². The van der Waals surface area contributed by atoms with E-state index >= 15 is 0 Å². The highest BCUT2D eigenvalue weighted by atomic mass is 28.4. The molecule has 0 saturated heterocycles. The average Bonchev–Trinajstić information content (AvgIpc) is 2.45. The van der Waals surface area contributed by atoms with Crippen LogP contribution in [0, 0.1) is 0 Å². The van der Waals surface area contributed by atoms with Crippen molar-refractivity contribution >= 4 is 17.1 Å². The minimum absolute atomic E-state index is 0.705. The van der Waals surface area contributed by atoms with E-state index in [1.807, 2.05) is 20.8 Å². The third kappa shape index (κ3) is 9.93. The van der Waals surface area contributed by atoms with Gasteiger partial charge in [0.05, 0.1) is 0 Å². The number of rotatable bonds is 14. The van der Waals surface area contributed by atoms with E-state index in [9.17, 15) is 0 Å². The topological polar surface area (TPSA) is 43.4 Å². The Morgan fingerprint density at radius 2 is 1.04 bits per heavy atom. The van der Waals surface area contributed by atoms with Crippen LogP contribution in [-0.2, 0) is 17.7 Å². The predicted molar refractivity (Wildman–Crippen MR) is 100 cm³/mol. The van der Waals surface area contributed by atoms with E-state index < -0.39 is 17.1 Å². The zero-order chi connectivity index (χ0) is 17.9. The maximum atomic E-state index is 5.91. The van der Waals surface area contributed by atoms with Crippen molar-refractivity contribution < 1.29 is 17.7 Å². The Hall–Kier alpha value is 0.194. The summed E-state index contributed by atoms with van der Waals surface area (Å²) in [6.45, 7) is 14.4. The van der Waals surface area contributed by atoms with E-state index in [1.165, 1.54) is 0 Å². The smallest absolute Gasteiger partial charge is 0.349 e. The van der Waals surface area contributed by atoms with E-state index in [-0.39, 0.29) is 0 Å². The third-order valence-corrected chi connectivity index (χ3v) is 9.55. The molecule has 140 valence electrons. The Bertz CT molecular complexity index is 307. The van der Waals surface area contributed by atoms with Gasteiger partial charge in [-0.1, -0.05) is 0 Å². The maximum Gasteiger partial charge on any atom is 0.349 e. The van der Waals surface area contributed by atoms with Crippen LogP contribution < -0.4 is 0 Å². The van der Waals surface area contributed by atoms with Gasteiger partial charge in [-0.2, -0.15) is 0 Å². The molecule has 0 aliphatic carbocycles. The third-order valence-electron chi connectivity index (χ3n) is 3.76. The van der Waals surface area contributed by atoms with Gasteiger partial charge in [-0.05, 0) is 48.0 Å². The van der Waals surface area contributed by atoms with Gasteiger partial charge in [-0.3, -0.25) is 0 Å². The van der Waals surface area contributed by atoms with Crippen LogP contribution >= 0.6 is 0 Å². The summed E-state index contributed by atoms with van der Waals surface area (Å²) in [4.78, 5) is 4.60. The molecule has 0 saturated carbocycles. The van der Waals surface area contributed by atoms with Crippen molar-refractivity contribution in [3.63, 3.8) is 0 Å². The van der Waals surface area contributed by atoms with Crippen LogP contribution in [0.5, 0.6) is 0 Å². The molecule has 0 bridgehead atoms. The van der Waals surface area contributed by atoms with Crippen LogP contribution in [0.2, 0.25) is 13.1 Å². The molecule has 8 heteroatoms. The quantitative estimate of drug-likeness (QED) is 0.437. The monoisotopic (exact) mass is 366 g/mol. The second-order valence-electron chi connectivity index (χ2n) is 6.25. The molecule has 0 aliphatic heterocycles. The van der Waals surface area contributed by atoms with Crippen LogP contribution in [0.25, 0.3) is 0 Å². The minimum Gasteiger partial charge on any atom is -0.397 e. The first-order valence-corrected chi connectivity index (χ1v) is 13.6. The van der Waals surface area contributed by atoms with Crippen molar-refractivity contribution in [1.29, 1.82) is 0 Å². The maximum absolute atomic E-state index is 5.91. The standard InChI is InChI=1S/C15H38N2O4Si2/c1-9-19-22(7,18-6)14-16(4)12-13-17(5)15-23(8,20-10-2)21-11-3/h9-15H2,1-8H3. The summed E-state index contributed by atoms with van der Waals surface area (Å²) < 4.78 is 23.3. The van der Waals surface area contributed by atoms with Crippen LogP contribution in [-0.4, -0.2) is 93.4 Å². The lowest BCUT2D eigenvalue weighted by Crippen LogP contribution is -2.52. The van der Waals surface area contributed by atoms with Crippen molar-refractivity contribution in [3.05, 3.63) is 0 Å². The van der Waals surface area contributed by atoms with E-state index in [0.29, 0.717) is 19.8 Å². The first-order valence-electron chi connectivity index (χ1n) is 8.58. The van der Waals surface area contributed by atoms with Gasteiger partial charge in [0.1, 0.15) is 0 Å². The largest absolute Gasteiger partial charge is 0.397 e. The molecule has 0 rings (SSSR count). The molecule has 0 N–H and O–H groups in total. The molecule has 0 aromatic rings. The molecule has 0 aromatic heterocycles. The Morgan fingerprint density at radius 1 is 0.696 bits per heavy atom. The number of likely N-dealkylation sites (N-methyl/N-ethyl adjacent to an activating group) is 2. The van der Waals surface area contributed by atoms with Gasteiger partial charge in [-0.25, -0.2) is 0 Å². The Morgan fingerprint density at radius 3 is 1.39 bits per heavy atom. The van der Waals surface area contributed by atoms with E-state index in [1.54, 1.807) is 7.11 Å². The Kier molecular flexibility index (Phi) is 11.8. The Balaban J connectivity index is 4.32. The first-order chi connectivity index (χ1) is 10.7. The summed E-state index contributed by atoms with van der Waals surface area (Å²) in [5.74, 6) is 0. The van der Waals surface area contributed by atoms with Gasteiger partial charge in [0.25, 0.3) is 0 Å². The van der Waals surface area contributed by atoms with Crippen LogP contribution in [0.3, 0.4) is 0 Å². The molecule has 0 heterocycles. The highest BCUT2D eigenvalue weighted by Crippen LogP contribution is 2.10. The van der Waals surface area contributed by atoms with Gasteiger partial charge in [-0.15, -0.1) is 0 Å². The molecule has 0 aromatic carbocycles. The highest BCUT2D eigenvalue weighted by Gasteiger charge is 2.33. The van der Waals surface area contributed by atoms with Crippen LogP contribution in [0.4, 0.5) is 0 Å². The normalized spacial score (nSPS) is 15.4. The molecule has 1 atom stereocenters. The molecule has 1 unspecified atom stereocenters. The fourth-order valence-electron chi connectivity index (χ4n) is 2.70. The summed E-state index contributed by atoms with van der Waals surface area (Å²) >= 11 is 0. The van der Waals surface area contributed by atoms with Gasteiger partial charge in [0, 0.05) is 52.4 Å². The van der Waals surface area contributed by atoms with Gasteiger partial charge < -0.3 is 27.5 Å². The van der Waals surface area contributed by atoms with Crippen molar-refractivity contribution in [2.24, 2.45) is 0 Å². The summed E-state index contributed by atoms with van der Waals surface area (Å²) in [5, 5.41) is 0. The van der Waals surface area contributed by atoms with Gasteiger partial charge >= 0.3 is 17.1 Å². The highest BCUT2D eigenvalue weighted by molar-refractivity contribution is 6.66. The summed E-state index contributed by atoms with van der Waals surface area (Å²) in [6.07, 6.45) is 1.75. The summed E-state index contributed by atoms with van der Waals surface area (Å²) in [7, 11) is 1.86. The number of nitrogens with zero attached hydrogens (tertiary/aromatic N) is 2. The number of hydrogen-bond acceptors (Lipinski definition) is 6. The van der Waals surface area contributed by atoms with E-state index in [2.05, 4.69) is 37.0 Å². The first kappa shape index (κ1) is 23.2. The molecule has 23 heavy (non-hydrogen) atoms. The molecule has 0 spiro atoms. The molecule has 0 fully saturated rings. The fourth-order valence-corrected chi connectivity index (χ4v) is 7.41. The average molecular weight is 367 g/mol. The van der Waals surface area contributed by atoms with Gasteiger partial charge in [0.15, 0.2) is 0 Å². The van der Waals surface area contributed by atoms with Crippen molar-refractivity contribution in [2.45, 2.75) is 33.9 Å². The lowest BCUT2D eigenvalue weighted by Gasteiger charge is -2.33. The van der Waals surface area contributed by atoms with Crippen LogP contribution in [0.1, 0.15) is 20.8 Å². The minimum atomic E-state index is -2.08. The summed E-state index contributed by atoms with van der Waals surface area (Å²) in [5.41, 5.74) is 0. The van der Waals surface area contributed by atoms with Crippen molar-refractivity contribution in [3.8, 4) is 0 Å². The van der Waals surface area contributed by atoms with Crippen molar-refractivity contribution in [2.75, 3.05) is 66.5 Å². The fraction of sp³-hybridized carbons (Fsp3) is 1.00. The SMILES string of the molecule is CCO[Si](C)(CN(C)CCN(C)C[Si](C)(OCC)OCC)OC. The molecule has 0 aliphatic rings. The molecular weight excluding hydrogens is 328 g/mol. The van der Waals surface area contributed by atoms with Crippen LogP contribution in [0.15, 0.2) is 0 Å². The lowest BCUT2D eigenvalue weighted by molar-refractivity contribution is 0.164. The predicted octanol–water partition coefficient (Wildman–Crippen LogP) is 1.83. The van der Waals surface area contributed by atoms with E-state index in [4.69, 9.17) is 17.7 Å². The van der Waals surface area contributed by atoms with Gasteiger partial charge in [0.2, 0.25) is 0 Å². The molecule has 0 radical (unpaired) electrons. The molecule has 6 nitrogen and oxygen atoms in total. The number of hydrogen-bond donors (Lipinski definition) is 0. The zero-order valence-electron chi connectivity index (χ0n) is 16.5. The second-order valence-corrected chi connectivity index (χ2v) is 12.7. The lowest BCUT2D eigenvalue weighted by atomic mass is 10.5.